The summed E-state index contributed by atoms with van der Waals surface area (Å²) in [5, 5.41) is 4.36. The van der Waals surface area contributed by atoms with Gasteiger partial charge in [-0.25, -0.2) is 0 Å². The van der Waals surface area contributed by atoms with Crippen molar-refractivity contribution in [3.63, 3.8) is 0 Å². The van der Waals surface area contributed by atoms with Crippen LogP contribution in [-0.2, 0) is 0 Å². The molecule has 0 radical (unpaired) electrons. The normalized spacial score (nSPS) is 10.5. The number of rotatable bonds is 5. The zero-order valence-electron chi connectivity index (χ0n) is 15.0. The highest BCUT2D eigenvalue weighted by Crippen LogP contribution is 2.41. The van der Waals surface area contributed by atoms with Crippen molar-refractivity contribution in [2.24, 2.45) is 0 Å². The van der Waals surface area contributed by atoms with Crippen LogP contribution in [0.15, 0.2) is 103 Å². The van der Waals surface area contributed by atoms with Crippen LogP contribution in [0.1, 0.15) is 0 Å². The van der Waals surface area contributed by atoms with Crippen molar-refractivity contribution < 1.29 is 0 Å². The predicted molar refractivity (Wildman–Crippen MR) is 121 cm³/mol. The lowest BCUT2D eigenvalue weighted by atomic mass is 10.1. The van der Waals surface area contributed by atoms with E-state index < -0.39 is 0 Å². The largest absolute Gasteiger partial charge is 0.354 e. The van der Waals surface area contributed by atoms with E-state index in [0.29, 0.717) is 10.0 Å². The van der Waals surface area contributed by atoms with Crippen LogP contribution in [-0.4, -0.2) is 0 Å². The van der Waals surface area contributed by atoms with Crippen LogP contribution in [0.25, 0.3) is 0 Å². The molecular formula is C24H18Cl2N2. The molecule has 4 rings (SSSR count). The van der Waals surface area contributed by atoms with Crippen molar-refractivity contribution >= 4 is 51.6 Å². The lowest BCUT2D eigenvalue weighted by Crippen LogP contribution is -2.10. The Kier molecular flexibility index (Phi) is 5.52. The smallest absolute Gasteiger partial charge is 0.0828 e. The third-order valence-electron chi connectivity index (χ3n) is 4.35. The Labute approximate surface area is 175 Å². The number of anilines is 5. The van der Waals surface area contributed by atoms with Crippen LogP contribution in [0.3, 0.4) is 0 Å². The maximum Gasteiger partial charge on any atom is 0.0828 e. The minimum absolute atomic E-state index is 0.495. The molecule has 0 unspecified atom stereocenters. The average molecular weight is 405 g/mol. The SMILES string of the molecule is Clc1cc(N(c2ccccc2)c2ccccc2)cc(Nc2ccccc2)c1Cl. The van der Waals surface area contributed by atoms with Gasteiger partial charge in [-0.05, 0) is 48.5 Å². The number of nitrogens with zero attached hydrogens (tertiary/aromatic N) is 1. The lowest BCUT2D eigenvalue weighted by molar-refractivity contribution is 1.28. The second kappa shape index (κ2) is 8.39. The van der Waals surface area contributed by atoms with E-state index in [-0.39, 0.29) is 0 Å². The number of hydrogen-bond donors (Lipinski definition) is 1. The second-order valence-electron chi connectivity index (χ2n) is 6.29. The standard InChI is InChI=1S/C24H18Cl2N2/c25-22-16-21(17-23(24(22)26)27-18-10-4-1-5-11-18)28(19-12-6-2-7-13-19)20-14-8-3-9-15-20/h1-17,27H. The maximum absolute atomic E-state index is 6.51. The quantitative estimate of drug-likeness (QED) is 0.360. The van der Waals surface area contributed by atoms with Crippen LogP contribution >= 0.6 is 23.2 Å². The fourth-order valence-corrected chi connectivity index (χ4v) is 3.44. The summed E-state index contributed by atoms with van der Waals surface area (Å²) < 4.78 is 0. The summed E-state index contributed by atoms with van der Waals surface area (Å²) in [5.41, 5.74) is 4.71. The summed E-state index contributed by atoms with van der Waals surface area (Å²) >= 11 is 13.0. The molecule has 0 bridgehead atoms. The monoisotopic (exact) mass is 404 g/mol. The highest BCUT2D eigenvalue weighted by Gasteiger charge is 2.16. The van der Waals surface area contributed by atoms with Crippen molar-refractivity contribution in [1.82, 2.24) is 0 Å². The van der Waals surface area contributed by atoms with E-state index in [1.54, 1.807) is 0 Å². The molecule has 138 valence electrons. The zero-order chi connectivity index (χ0) is 19.3. The van der Waals surface area contributed by atoms with E-state index in [1.165, 1.54) is 0 Å². The molecular weight excluding hydrogens is 387 g/mol. The van der Waals surface area contributed by atoms with Gasteiger partial charge < -0.3 is 10.2 Å². The van der Waals surface area contributed by atoms with Gasteiger partial charge in [0, 0.05) is 22.7 Å². The van der Waals surface area contributed by atoms with Crippen LogP contribution in [0, 0.1) is 0 Å². The zero-order valence-corrected chi connectivity index (χ0v) is 16.5. The van der Waals surface area contributed by atoms with Gasteiger partial charge in [-0.3, -0.25) is 0 Å². The summed E-state index contributed by atoms with van der Waals surface area (Å²) in [6, 6.07) is 34.2. The first-order chi connectivity index (χ1) is 13.7. The Hall–Kier alpha value is -2.94. The lowest BCUT2D eigenvalue weighted by Gasteiger charge is -2.26. The Balaban J connectivity index is 1.83. The van der Waals surface area contributed by atoms with Crippen LogP contribution < -0.4 is 10.2 Å². The molecule has 0 aliphatic rings. The number of para-hydroxylation sites is 3. The summed E-state index contributed by atoms with van der Waals surface area (Å²) in [6.07, 6.45) is 0. The molecule has 0 fully saturated rings. The molecule has 0 aliphatic carbocycles. The first kappa shape index (κ1) is 18.4. The molecule has 0 saturated heterocycles. The summed E-state index contributed by atoms with van der Waals surface area (Å²) in [5.74, 6) is 0. The molecule has 28 heavy (non-hydrogen) atoms. The third kappa shape index (κ3) is 3.99. The molecule has 2 nitrogen and oxygen atoms in total. The molecule has 1 N–H and O–H groups in total. The number of hydrogen-bond acceptors (Lipinski definition) is 2. The minimum atomic E-state index is 0.495. The molecule has 0 amide bonds. The van der Waals surface area contributed by atoms with Gasteiger partial charge in [0.1, 0.15) is 0 Å². The number of benzene rings is 4. The number of halogens is 2. The fraction of sp³-hybridized carbons (Fsp3) is 0. The molecule has 0 spiro atoms. The van der Waals surface area contributed by atoms with Crippen molar-refractivity contribution in [1.29, 1.82) is 0 Å². The molecule has 4 aromatic rings. The van der Waals surface area contributed by atoms with Crippen molar-refractivity contribution in [2.45, 2.75) is 0 Å². The Morgan fingerprint density at radius 2 is 1.07 bits per heavy atom. The first-order valence-electron chi connectivity index (χ1n) is 8.94. The van der Waals surface area contributed by atoms with E-state index >= 15 is 0 Å². The Morgan fingerprint density at radius 1 is 0.571 bits per heavy atom. The van der Waals surface area contributed by atoms with Crippen molar-refractivity contribution in [2.75, 3.05) is 10.2 Å². The summed E-state index contributed by atoms with van der Waals surface area (Å²) in [4.78, 5) is 2.15. The van der Waals surface area contributed by atoms with Gasteiger partial charge in [0.15, 0.2) is 0 Å². The van der Waals surface area contributed by atoms with Crippen molar-refractivity contribution in [3.8, 4) is 0 Å². The molecule has 4 heteroatoms. The maximum atomic E-state index is 6.51. The third-order valence-corrected chi connectivity index (χ3v) is 5.15. The first-order valence-corrected chi connectivity index (χ1v) is 9.69. The van der Waals surface area contributed by atoms with Gasteiger partial charge in [0.2, 0.25) is 0 Å². The van der Waals surface area contributed by atoms with Crippen LogP contribution in [0.4, 0.5) is 28.4 Å². The van der Waals surface area contributed by atoms with Crippen molar-refractivity contribution in [3.05, 3.63) is 113 Å². The van der Waals surface area contributed by atoms with Crippen LogP contribution in [0.2, 0.25) is 10.0 Å². The van der Waals surface area contributed by atoms with Gasteiger partial charge in [-0.2, -0.15) is 0 Å². The summed E-state index contributed by atoms with van der Waals surface area (Å²) in [7, 11) is 0. The molecule has 0 saturated carbocycles. The van der Waals surface area contributed by atoms with Gasteiger partial charge >= 0.3 is 0 Å². The van der Waals surface area contributed by atoms with E-state index in [9.17, 15) is 0 Å². The van der Waals surface area contributed by atoms with Crippen LogP contribution in [0.5, 0.6) is 0 Å². The molecule has 0 aliphatic heterocycles. The van der Waals surface area contributed by atoms with Gasteiger partial charge in [-0.15, -0.1) is 0 Å². The van der Waals surface area contributed by atoms with E-state index in [4.69, 9.17) is 23.2 Å². The molecule has 4 aromatic carbocycles. The Morgan fingerprint density at radius 3 is 1.61 bits per heavy atom. The average Bonchev–Trinajstić information content (AvgIpc) is 2.74. The van der Waals surface area contributed by atoms with E-state index in [0.717, 1.165) is 28.4 Å². The van der Waals surface area contributed by atoms with E-state index in [1.807, 2.05) is 78.9 Å². The summed E-state index contributed by atoms with van der Waals surface area (Å²) in [6.45, 7) is 0. The topological polar surface area (TPSA) is 15.3 Å². The molecule has 0 aromatic heterocycles. The van der Waals surface area contributed by atoms with Gasteiger partial charge in [0.25, 0.3) is 0 Å². The predicted octanol–water partition coefficient (Wildman–Crippen LogP) is 8.21. The highest BCUT2D eigenvalue weighted by atomic mass is 35.5. The second-order valence-corrected chi connectivity index (χ2v) is 7.07. The Bertz CT molecular complexity index is 1010. The van der Waals surface area contributed by atoms with E-state index in [2.05, 4.69) is 34.5 Å². The molecule has 0 atom stereocenters. The number of nitrogens with one attached hydrogen (secondary N) is 1. The molecule has 0 heterocycles. The highest BCUT2D eigenvalue weighted by molar-refractivity contribution is 6.44. The van der Waals surface area contributed by atoms with Gasteiger partial charge in [-0.1, -0.05) is 77.8 Å². The van der Waals surface area contributed by atoms with Gasteiger partial charge in [0.05, 0.1) is 15.7 Å². The fourth-order valence-electron chi connectivity index (χ4n) is 3.07. The minimum Gasteiger partial charge on any atom is -0.354 e.